The Hall–Kier alpha value is -3.59. The van der Waals surface area contributed by atoms with Crippen molar-refractivity contribution in [3.8, 4) is 22.8 Å². The number of aromatic nitrogens is 5. The molecular formula is C27H27F2N5O2. The van der Waals surface area contributed by atoms with Gasteiger partial charge in [-0.3, -0.25) is 4.98 Å². The first-order valence-corrected chi connectivity index (χ1v) is 11.9. The standard InChI is InChI=1S/C27H27F2N5O2/c1-14(35)23-13-36-26(32-23)22-12-30-11-21(31-22)15-8-9-17(27(2,3)4)16-10-20(33-34-25(15)16)24-18(28)6-5-7-19(24)29/h5-7,10-15,17,35H,8-9H2,1-4H3/t14-,15?,17-/m0/s1. The Morgan fingerprint density at radius 1 is 1.03 bits per heavy atom. The molecule has 3 heterocycles. The van der Waals surface area contributed by atoms with Crippen molar-refractivity contribution in [2.24, 2.45) is 5.41 Å². The average molecular weight is 492 g/mol. The van der Waals surface area contributed by atoms with E-state index in [9.17, 15) is 13.9 Å². The highest BCUT2D eigenvalue weighted by Gasteiger charge is 2.37. The number of aliphatic hydroxyl groups excluding tert-OH is 1. The van der Waals surface area contributed by atoms with Crippen molar-refractivity contribution >= 4 is 0 Å². The molecular weight excluding hydrogens is 464 g/mol. The van der Waals surface area contributed by atoms with Gasteiger partial charge in [0.05, 0.1) is 34.9 Å². The second-order valence-electron chi connectivity index (χ2n) is 10.3. The van der Waals surface area contributed by atoms with Crippen LogP contribution in [0.2, 0.25) is 0 Å². The van der Waals surface area contributed by atoms with Gasteiger partial charge in [0.15, 0.2) is 0 Å². The summed E-state index contributed by atoms with van der Waals surface area (Å²) >= 11 is 0. The first-order chi connectivity index (χ1) is 17.1. The van der Waals surface area contributed by atoms with E-state index in [0.717, 1.165) is 24.1 Å². The van der Waals surface area contributed by atoms with Gasteiger partial charge in [0.2, 0.25) is 5.89 Å². The molecule has 1 aliphatic carbocycles. The molecule has 1 aromatic carbocycles. The van der Waals surface area contributed by atoms with Crippen LogP contribution in [0.1, 0.15) is 81.1 Å². The van der Waals surface area contributed by atoms with Crippen molar-refractivity contribution in [1.29, 1.82) is 0 Å². The minimum absolute atomic E-state index is 0.100. The fourth-order valence-electron chi connectivity index (χ4n) is 4.89. The van der Waals surface area contributed by atoms with Crippen molar-refractivity contribution in [2.45, 2.75) is 58.5 Å². The zero-order chi connectivity index (χ0) is 25.6. The minimum Gasteiger partial charge on any atom is -0.443 e. The Morgan fingerprint density at radius 3 is 2.44 bits per heavy atom. The molecule has 1 unspecified atom stereocenters. The van der Waals surface area contributed by atoms with Crippen LogP contribution in [-0.4, -0.2) is 30.3 Å². The van der Waals surface area contributed by atoms with E-state index in [2.05, 4.69) is 40.9 Å². The summed E-state index contributed by atoms with van der Waals surface area (Å²) in [6.45, 7) is 8.05. The molecule has 0 bridgehead atoms. The molecule has 9 heteroatoms. The van der Waals surface area contributed by atoms with Crippen LogP contribution < -0.4 is 0 Å². The molecule has 3 atom stereocenters. The molecule has 36 heavy (non-hydrogen) atoms. The monoisotopic (exact) mass is 491 g/mol. The zero-order valence-corrected chi connectivity index (χ0v) is 20.5. The quantitative estimate of drug-likeness (QED) is 0.375. The Morgan fingerprint density at radius 2 is 1.78 bits per heavy atom. The molecule has 0 fully saturated rings. The molecule has 0 aliphatic heterocycles. The Kier molecular flexibility index (Phi) is 6.12. The lowest BCUT2D eigenvalue weighted by Crippen LogP contribution is -2.27. The van der Waals surface area contributed by atoms with Crippen molar-refractivity contribution in [1.82, 2.24) is 25.1 Å². The molecule has 1 aliphatic rings. The fraction of sp³-hybridized carbons (Fsp3) is 0.370. The van der Waals surface area contributed by atoms with Crippen LogP contribution in [0.4, 0.5) is 8.78 Å². The number of fused-ring (bicyclic) bond motifs is 1. The number of hydrogen-bond acceptors (Lipinski definition) is 7. The van der Waals surface area contributed by atoms with E-state index in [-0.39, 0.29) is 34.4 Å². The maximum absolute atomic E-state index is 14.5. The molecule has 3 aromatic heterocycles. The van der Waals surface area contributed by atoms with Gasteiger partial charge in [0, 0.05) is 12.1 Å². The summed E-state index contributed by atoms with van der Waals surface area (Å²) in [5.74, 6) is -1.18. The van der Waals surface area contributed by atoms with E-state index in [1.165, 1.54) is 24.5 Å². The smallest absolute Gasteiger partial charge is 0.247 e. The van der Waals surface area contributed by atoms with E-state index in [1.807, 2.05) is 0 Å². The van der Waals surface area contributed by atoms with E-state index in [4.69, 9.17) is 9.40 Å². The third-order valence-corrected chi connectivity index (χ3v) is 6.75. The van der Waals surface area contributed by atoms with E-state index >= 15 is 0 Å². The van der Waals surface area contributed by atoms with Gasteiger partial charge < -0.3 is 9.52 Å². The molecule has 0 amide bonds. The summed E-state index contributed by atoms with van der Waals surface area (Å²) in [6.07, 6.45) is 5.47. The van der Waals surface area contributed by atoms with Gasteiger partial charge in [-0.25, -0.2) is 18.7 Å². The third-order valence-electron chi connectivity index (χ3n) is 6.75. The number of oxazole rings is 1. The first kappa shape index (κ1) is 24.1. The van der Waals surface area contributed by atoms with Crippen LogP contribution in [0.3, 0.4) is 0 Å². The summed E-state index contributed by atoms with van der Waals surface area (Å²) in [4.78, 5) is 13.4. The number of rotatable bonds is 4. The molecule has 5 rings (SSSR count). The zero-order valence-electron chi connectivity index (χ0n) is 20.5. The second-order valence-corrected chi connectivity index (χ2v) is 10.3. The highest BCUT2D eigenvalue weighted by atomic mass is 19.1. The molecule has 7 nitrogen and oxygen atoms in total. The Balaban J connectivity index is 1.59. The minimum atomic E-state index is -0.762. The largest absolute Gasteiger partial charge is 0.443 e. The average Bonchev–Trinajstić information content (AvgIpc) is 3.33. The number of halogens is 2. The summed E-state index contributed by atoms with van der Waals surface area (Å²) in [5.41, 5.74) is 3.06. The van der Waals surface area contributed by atoms with Gasteiger partial charge in [-0.05, 0) is 54.9 Å². The van der Waals surface area contributed by atoms with E-state index in [0.29, 0.717) is 17.1 Å². The second kappa shape index (κ2) is 9.13. The van der Waals surface area contributed by atoms with Crippen molar-refractivity contribution in [3.63, 3.8) is 0 Å². The fourth-order valence-corrected chi connectivity index (χ4v) is 4.89. The molecule has 0 radical (unpaired) electrons. The van der Waals surface area contributed by atoms with Gasteiger partial charge in [0.25, 0.3) is 0 Å². The molecule has 0 saturated heterocycles. The first-order valence-electron chi connectivity index (χ1n) is 11.9. The van der Waals surface area contributed by atoms with Crippen LogP contribution in [-0.2, 0) is 0 Å². The molecule has 0 spiro atoms. The summed E-state index contributed by atoms with van der Waals surface area (Å²) in [6, 6.07) is 5.54. The van der Waals surface area contributed by atoms with Crippen molar-refractivity contribution in [3.05, 3.63) is 77.2 Å². The van der Waals surface area contributed by atoms with E-state index in [1.54, 1.807) is 25.4 Å². The normalized spacial score (nSPS) is 18.6. The highest BCUT2D eigenvalue weighted by Crippen LogP contribution is 2.48. The number of benzene rings is 1. The summed E-state index contributed by atoms with van der Waals surface area (Å²) in [5, 5.41) is 18.5. The molecule has 0 saturated carbocycles. The maximum Gasteiger partial charge on any atom is 0.247 e. The summed E-state index contributed by atoms with van der Waals surface area (Å²) < 4.78 is 34.6. The van der Waals surface area contributed by atoms with Gasteiger partial charge in [-0.15, -0.1) is 5.10 Å². The van der Waals surface area contributed by atoms with Crippen LogP contribution in [0, 0.1) is 17.0 Å². The predicted octanol–water partition coefficient (Wildman–Crippen LogP) is 5.98. The number of nitrogens with zero attached hydrogens (tertiary/aromatic N) is 5. The number of hydrogen-bond donors (Lipinski definition) is 1. The lowest BCUT2D eigenvalue weighted by molar-refractivity contribution is 0.194. The van der Waals surface area contributed by atoms with Crippen LogP contribution in [0.15, 0.2) is 47.3 Å². The van der Waals surface area contributed by atoms with Gasteiger partial charge in [-0.2, -0.15) is 5.10 Å². The predicted molar refractivity (Wildman–Crippen MR) is 129 cm³/mol. The van der Waals surface area contributed by atoms with Crippen LogP contribution >= 0.6 is 0 Å². The van der Waals surface area contributed by atoms with Gasteiger partial charge in [0.1, 0.15) is 29.3 Å². The Labute approximate surface area is 207 Å². The molecule has 186 valence electrons. The lowest BCUT2D eigenvalue weighted by Gasteiger charge is -2.38. The Bertz CT molecular complexity index is 1390. The van der Waals surface area contributed by atoms with E-state index < -0.39 is 17.7 Å². The van der Waals surface area contributed by atoms with Gasteiger partial charge in [-0.1, -0.05) is 26.8 Å². The molecule has 1 N–H and O–H groups in total. The van der Waals surface area contributed by atoms with Crippen molar-refractivity contribution < 1.29 is 18.3 Å². The topological polar surface area (TPSA) is 97.8 Å². The molecule has 4 aromatic rings. The number of aliphatic hydroxyl groups is 1. The van der Waals surface area contributed by atoms with Crippen LogP contribution in [0.25, 0.3) is 22.8 Å². The lowest BCUT2D eigenvalue weighted by atomic mass is 9.67. The highest BCUT2D eigenvalue weighted by molar-refractivity contribution is 5.62. The van der Waals surface area contributed by atoms with Crippen molar-refractivity contribution in [2.75, 3.05) is 0 Å². The SMILES string of the molecule is C[C@H](O)c1coc(-c2cncc(C3CC[C@H](C(C)(C)C)c4cc(-c5c(F)cccc5F)nnc43)n2)n1. The maximum atomic E-state index is 14.5. The summed E-state index contributed by atoms with van der Waals surface area (Å²) in [7, 11) is 0. The third kappa shape index (κ3) is 4.39. The van der Waals surface area contributed by atoms with Gasteiger partial charge >= 0.3 is 0 Å². The van der Waals surface area contributed by atoms with Crippen LogP contribution in [0.5, 0.6) is 0 Å².